The minimum absolute atomic E-state index is 0.126. The third kappa shape index (κ3) is 12.8. The number of para-hydroxylation sites is 2. The maximum atomic E-state index is 2.60. The number of anilines is 11. The Hall–Kier alpha value is -16.7. The predicted octanol–water partition coefficient (Wildman–Crippen LogP) is 37.8. The van der Waals surface area contributed by atoms with E-state index in [4.69, 9.17) is 0 Å². The summed E-state index contributed by atoms with van der Waals surface area (Å²) in [6.45, 7) is 0. The number of thiophene rings is 2. The molecule has 1 unspecified atom stereocenters. The minimum atomic E-state index is 0.126. The zero-order chi connectivity index (χ0) is 88.0. The molecule has 25 aromatic carbocycles. The number of fused-ring (bicyclic) bond motifs is 30. The Balaban J connectivity index is 0.000000137. The van der Waals surface area contributed by atoms with Gasteiger partial charge in [-0.2, -0.15) is 0 Å². The van der Waals surface area contributed by atoms with E-state index in [1.807, 2.05) is 22.7 Å². The SMILES string of the molecule is C1=Cc2ccccc2C(N(c2ccc3c(c2)sc2c4ccc(N(c5ccc6ccc7ccccc7c6c5)c5cccc6ccccc56)cc4c4ccccc4c32)c2ccc3ccc4ccccc4c3c2)C1.c1ccc(N(c2ccc3c(c2)sc2c4ccc(N(c5ccccc5)c5ccc6ccc7ccccc7c6c5)cc4c4ccccc4c32)c2ccc3ccc4ccccc4c3c2)cc1. The smallest absolute Gasteiger partial charge is 0.0631 e. The van der Waals surface area contributed by atoms with E-state index in [1.165, 1.54) is 203 Å². The predicted molar refractivity (Wildman–Crippen MR) is 582 cm³/mol. The van der Waals surface area contributed by atoms with Crippen LogP contribution in [0.15, 0.2) is 473 Å². The van der Waals surface area contributed by atoms with Crippen LogP contribution < -0.4 is 19.6 Å². The summed E-state index contributed by atoms with van der Waals surface area (Å²) in [4.78, 5) is 9.89. The van der Waals surface area contributed by atoms with Crippen LogP contribution in [0.2, 0.25) is 0 Å². The molecular formula is C128H82N4S2. The Kier molecular flexibility index (Phi) is 18.2. The molecule has 0 radical (unpaired) electrons. The van der Waals surface area contributed by atoms with Crippen molar-refractivity contribution in [1.29, 1.82) is 0 Å². The molecule has 2 heterocycles. The summed E-state index contributed by atoms with van der Waals surface area (Å²) in [7, 11) is 0. The molecule has 1 atom stereocenters. The summed E-state index contributed by atoms with van der Waals surface area (Å²) in [6.07, 6.45) is 5.56. The highest BCUT2D eigenvalue weighted by Gasteiger charge is 2.30. The average molecular weight is 1740 g/mol. The Morgan fingerprint density at radius 2 is 0.485 bits per heavy atom. The molecule has 28 rings (SSSR count). The van der Waals surface area contributed by atoms with Crippen molar-refractivity contribution in [3.05, 3.63) is 484 Å². The molecule has 27 aromatic rings. The molecule has 2 aromatic heterocycles. The molecule has 4 nitrogen and oxygen atoms in total. The van der Waals surface area contributed by atoms with Crippen molar-refractivity contribution in [2.45, 2.75) is 12.5 Å². The van der Waals surface area contributed by atoms with Crippen LogP contribution in [0.5, 0.6) is 0 Å². The standard InChI is InChI=1S/C68H44N2S.C60H38N2S/c1-5-19-53-45(15-1)27-29-47-31-33-49(39-61(47)53)69(64-25-11-17-43-13-3-7-21-55(43)64)51-35-37-59-63(41-51)57-23-9-10-24-58(57)67-60-38-36-52(42-66(60)71-68(59)67)70(65-26-12-18-44-14-4-8-22-56(44)65)50-34-32-48-30-28-46-16-2-6-20-54(46)62(48)40-50;1-3-15-43(16-4-1)61(45-29-27-41-25-23-39-13-7-9-19-49(39)55(41)35-45)47-31-33-53-57(37-47)51-21-11-12-22-52(51)59-54-34-32-48(38-58(54)63-60(53)59)62(44-17-5-2-6-18-44)46-30-28-42-26-24-40-14-8-10-20-50(40)56(42)36-46/h1-25,27-42,65H,26H2;1-38H. The van der Waals surface area contributed by atoms with Gasteiger partial charge in [-0.05, 0) is 269 Å². The van der Waals surface area contributed by atoms with E-state index < -0.39 is 0 Å². The maximum Gasteiger partial charge on any atom is 0.0631 e. The second-order valence-corrected chi connectivity index (χ2v) is 37.7. The lowest BCUT2D eigenvalue weighted by Crippen LogP contribution is -2.25. The van der Waals surface area contributed by atoms with Crippen LogP contribution in [-0.4, -0.2) is 0 Å². The molecule has 1 aliphatic carbocycles. The van der Waals surface area contributed by atoms with Crippen LogP contribution in [0.1, 0.15) is 23.6 Å². The van der Waals surface area contributed by atoms with Gasteiger partial charge in [-0.15, -0.1) is 22.7 Å². The number of hydrogen-bond acceptors (Lipinski definition) is 6. The fourth-order valence-corrected chi connectivity index (χ4v) is 24.6. The largest absolute Gasteiger partial charge is 0.334 e. The number of hydrogen-bond donors (Lipinski definition) is 0. The second kappa shape index (κ2) is 31.5. The minimum Gasteiger partial charge on any atom is -0.334 e. The van der Waals surface area contributed by atoms with E-state index in [1.54, 1.807) is 0 Å². The van der Waals surface area contributed by atoms with Crippen LogP contribution in [0.4, 0.5) is 62.6 Å². The van der Waals surface area contributed by atoms with E-state index in [9.17, 15) is 0 Å². The number of benzene rings is 25. The summed E-state index contributed by atoms with van der Waals surface area (Å²) >= 11 is 3.83. The van der Waals surface area contributed by atoms with Crippen molar-refractivity contribution in [1.82, 2.24) is 0 Å². The zero-order valence-corrected chi connectivity index (χ0v) is 74.6. The summed E-state index contributed by atoms with van der Waals surface area (Å²) in [6, 6.07) is 173. The van der Waals surface area contributed by atoms with Crippen molar-refractivity contribution in [2.24, 2.45) is 0 Å². The first-order chi connectivity index (χ1) is 66.4. The number of rotatable bonds is 12. The third-order valence-electron chi connectivity index (χ3n) is 28.2. The lowest BCUT2D eigenvalue weighted by Gasteiger charge is -2.36. The van der Waals surface area contributed by atoms with E-state index in [0.717, 1.165) is 57.6 Å². The quantitative estimate of drug-likeness (QED) is 0.113. The Bertz CT molecular complexity index is 9560. The molecule has 0 saturated carbocycles. The third-order valence-corrected chi connectivity index (χ3v) is 30.6. The highest BCUT2D eigenvalue weighted by molar-refractivity contribution is 7.27. The summed E-state index contributed by atoms with van der Waals surface area (Å²) in [5.74, 6) is 0. The maximum absolute atomic E-state index is 2.60. The van der Waals surface area contributed by atoms with Gasteiger partial charge >= 0.3 is 0 Å². The summed E-state index contributed by atoms with van der Waals surface area (Å²) in [5, 5.41) is 37.9. The van der Waals surface area contributed by atoms with Gasteiger partial charge in [0.2, 0.25) is 0 Å². The van der Waals surface area contributed by atoms with E-state index in [0.29, 0.717) is 0 Å². The van der Waals surface area contributed by atoms with Gasteiger partial charge in [-0.25, -0.2) is 0 Å². The lowest BCUT2D eigenvalue weighted by molar-refractivity contribution is 0.702. The van der Waals surface area contributed by atoms with Gasteiger partial charge < -0.3 is 19.6 Å². The highest BCUT2D eigenvalue weighted by atomic mass is 32.1. The highest BCUT2D eigenvalue weighted by Crippen LogP contribution is 2.54. The van der Waals surface area contributed by atoms with Gasteiger partial charge in [0.25, 0.3) is 0 Å². The second-order valence-electron chi connectivity index (χ2n) is 35.6. The summed E-state index contributed by atoms with van der Waals surface area (Å²) in [5.41, 5.74) is 15.2. The first-order valence-corrected chi connectivity index (χ1v) is 47.9. The van der Waals surface area contributed by atoms with Crippen molar-refractivity contribution in [3.63, 3.8) is 0 Å². The molecular weight excluding hydrogens is 1660 g/mol. The van der Waals surface area contributed by atoms with Gasteiger partial charge in [0.05, 0.1) is 11.7 Å². The van der Waals surface area contributed by atoms with Gasteiger partial charge in [-0.1, -0.05) is 352 Å². The van der Waals surface area contributed by atoms with Gasteiger partial charge in [0.15, 0.2) is 0 Å². The average Bonchev–Trinajstić information content (AvgIpc) is 1.43. The molecule has 6 heteroatoms. The van der Waals surface area contributed by atoms with Crippen LogP contribution in [0.3, 0.4) is 0 Å². The topological polar surface area (TPSA) is 13.0 Å². The first kappa shape index (κ1) is 77.2. The monoisotopic (exact) mass is 1740 g/mol. The molecule has 1 aliphatic rings. The van der Waals surface area contributed by atoms with Crippen LogP contribution >= 0.6 is 22.7 Å². The Morgan fingerprint density at radius 1 is 0.187 bits per heavy atom. The van der Waals surface area contributed by atoms with E-state index in [-0.39, 0.29) is 6.04 Å². The van der Waals surface area contributed by atoms with Crippen molar-refractivity contribution < 1.29 is 0 Å². The molecule has 0 spiro atoms. The van der Waals surface area contributed by atoms with E-state index in [2.05, 4.69) is 499 Å². The fourth-order valence-electron chi connectivity index (χ4n) is 22.0. The van der Waals surface area contributed by atoms with Crippen LogP contribution in [-0.2, 0) is 0 Å². The molecule has 0 amide bonds. The lowest BCUT2D eigenvalue weighted by atomic mass is 9.90. The molecule has 0 bridgehead atoms. The normalized spacial score (nSPS) is 12.8. The van der Waals surface area contributed by atoms with E-state index >= 15 is 0 Å². The molecule has 0 fully saturated rings. The molecule has 0 aliphatic heterocycles. The zero-order valence-electron chi connectivity index (χ0n) is 73.0. The fraction of sp³-hybridized carbons (Fsp3) is 0.0156. The molecule has 626 valence electrons. The molecule has 0 saturated heterocycles. The van der Waals surface area contributed by atoms with Gasteiger partial charge in [0, 0.05) is 113 Å². The molecule has 134 heavy (non-hydrogen) atoms. The summed E-state index contributed by atoms with van der Waals surface area (Å²) < 4.78 is 5.19. The van der Waals surface area contributed by atoms with Gasteiger partial charge in [0.1, 0.15) is 0 Å². The van der Waals surface area contributed by atoms with Crippen molar-refractivity contribution in [3.8, 4) is 0 Å². The first-order valence-electron chi connectivity index (χ1n) is 46.2. The van der Waals surface area contributed by atoms with Crippen molar-refractivity contribution >= 4 is 272 Å². The van der Waals surface area contributed by atoms with Crippen molar-refractivity contribution in [2.75, 3.05) is 19.6 Å². The van der Waals surface area contributed by atoms with Gasteiger partial charge in [-0.3, -0.25) is 0 Å². The molecule has 0 N–H and O–H groups in total. The number of nitrogens with zero attached hydrogens (tertiary/aromatic N) is 4. The Labute approximate surface area is 782 Å². The Morgan fingerprint density at radius 3 is 0.940 bits per heavy atom. The van der Waals surface area contributed by atoms with Crippen LogP contribution in [0.25, 0.3) is 186 Å². The van der Waals surface area contributed by atoms with Crippen LogP contribution in [0, 0.1) is 0 Å².